The predicted molar refractivity (Wildman–Crippen MR) is 103 cm³/mol. The highest BCUT2D eigenvalue weighted by Gasteiger charge is 2.29. The van der Waals surface area contributed by atoms with Gasteiger partial charge in [-0.15, -0.1) is 0 Å². The van der Waals surface area contributed by atoms with Crippen LogP contribution in [0.5, 0.6) is 0 Å². The Kier molecular flexibility index (Phi) is 9.31. The molecule has 0 radical (unpaired) electrons. The molecule has 0 aromatic heterocycles. The lowest BCUT2D eigenvalue weighted by molar-refractivity contribution is 0.214. The molecule has 128 valence electrons. The van der Waals surface area contributed by atoms with Gasteiger partial charge in [-0.3, -0.25) is 0 Å². The van der Waals surface area contributed by atoms with Crippen LogP contribution in [0.1, 0.15) is 82.1 Å². The van der Waals surface area contributed by atoms with Crippen LogP contribution in [0.2, 0.25) is 0 Å². The van der Waals surface area contributed by atoms with Gasteiger partial charge in [0.2, 0.25) is 0 Å². The summed E-state index contributed by atoms with van der Waals surface area (Å²) in [5.41, 5.74) is 0.424. The Hall–Kier alpha value is 0.620. The summed E-state index contributed by atoms with van der Waals surface area (Å²) in [4.78, 5) is 0. The Morgan fingerprint density at radius 1 is 0.714 bits per heavy atom. The van der Waals surface area contributed by atoms with E-state index in [0.717, 1.165) is 5.08 Å². The third-order valence-corrected chi connectivity index (χ3v) is 6.90. The molecule has 0 aliphatic carbocycles. The molecular formula is C17H38N2S2. The summed E-state index contributed by atoms with van der Waals surface area (Å²) in [5, 5.41) is 1.09. The van der Waals surface area contributed by atoms with Crippen LogP contribution in [0.4, 0.5) is 0 Å². The Balaban J connectivity index is 4.67. The van der Waals surface area contributed by atoms with E-state index in [2.05, 4.69) is 77.8 Å². The molecule has 0 rings (SSSR count). The molecule has 0 amide bonds. The first kappa shape index (κ1) is 21.6. The van der Waals surface area contributed by atoms with Crippen LogP contribution in [-0.4, -0.2) is 36.9 Å². The lowest BCUT2D eigenvalue weighted by Gasteiger charge is -2.41. The van der Waals surface area contributed by atoms with Crippen LogP contribution in [0.15, 0.2) is 0 Å². The minimum Gasteiger partial charge on any atom is -0.242 e. The Morgan fingerprint density at radius 3 is 1.19 bits per heavy atom. The van der Waals surface area contributed by atoms with E-state index in [1.54, 1.807) is 0 Å². The van der Waals surface area contributed by atoms with E-state index < -0.39 is 0 Å². The van der Waals surface area contributed by atoms with Gasteiger partial charge >= 0.3 is 0 Å². The monoisotopic (exact) mass is 334 g/mol. The van der Waals surface area contributed by atoms with Crippen molar-refractivity contribution >= 4 is 23.9 Å². The van der Waals surface area contributed by atoms with Crippen LogP contribution in [0.25, 0.3) is 0 Å². The summed E-state index contributed by atoms with van der Waals surface area (Å²) >= 11 is 3.98. The zero-order chi connectivity index (χ0) is 16.8. The molecule has 0 heterocycles. The third kappa shape index (κ3) is 7.62. The van der Waals surface area contributed by atoms with E-state index in [-0.39, 0.29) is 11.1 Å². The molecule has 4 heteroatoms. The standard InChI is InChI=1S/C17H38N2S2/c1-11-14(3)18(16(5,6)7)20-13-21-19(15(4)12-2)17(8,9)10/h14-15H,11-13H2,1-10H3. The molecule has 0 saturated heterocycles. The molecule has 0 aromatic carbocycles. The summed E-state index contributed by atoms with van der Waals surface area (Å²) in [5.74, 6) is 0. The van der Waals surface area contributed by atoms with E-state index in [1.807, 2.05) is 23.9 Å². The normalized spacial score (nSPS) is 16.6. The quantitative estimate of drug-likeness (QED) is 0.394. The van der Waals surface area contributed by atoms with Crippen LogP contribution in [0, 0.1) is 0 Å². The third-order valence-electron chi connectivity index (χ3n) is 3.69. The van der Waals surface area contributed by atoms with Gasteiger partial charge < -0.3 is 0 Å². The van der Waals surface area contributed by atoms with E-state index >= 15 is 0 Å². The van der Waals surface area contributed by atoms with Crippen molar-refractivity contribution in [2.45, 2.75) is 105 Å². The van der Waals surface area contributed by atoms with E-state index in [9.17, 15) is 0 Å². The predicted octanol–water partition coefficient (Wildman–Crippen LogP) is 6.04. The Bertz CT molecular complexity index is 253. The highest BCUT2D eigenvalue weighted by molar-refractivity contribution is 8.13. The minimum absolute atomic E-state index is 0.212. The minimum atomic E-state index is 0.212. The van der Waals surface area contributed by atoms with Crippen molar-refractivity contribution in [2.24, 2.45) is 0 Å². The molecule has 0 aliphatic rings. The van der Waals surface area contributed by atoms with Crippen LogP contribution in [0.3, 0.4) is 0 Å². The summed E-state index contributed by atoms with van der Waals surface area (Å²) in [6.45, 7) is 23.1. The van der Waals surface area contributed by atoms with Crippen molar-refractivity contribution in [1.29, 1.82) is 0 Å². The van der Waals surface area contributed by atoms with Gasteiger partial charge in [-0.2, -0.15) is 0 Å². The largest absolute Gasteiger partial charge is 0.242 e. The molecule has 2 atom stereocenters. The van der Waals surface area contributed by atoms with Crippen molar-refractivity contribution < 1.29 is 0 Å². The van der Waals surface area contributed by atoms with Gasteiger partial charge in [0.1, 0.15) is 0 Å². The fourth-order valence-electron chi connectivity index (χ4n) is 2.43. The van der Waals surface area contributed by atoms with Crippen molar-refractivity contribution in [1.82, 2.24) is 8.61 Å². The molecule has 0 N–H and O–H groups in total. The Morgan fingerprint density at radius 2 is 1.00 bits per heavy atom. The summed E-state index contributed by atoms with van der Waals surface area (Å²) in [6.07, 6.45) is 2.40. The summed E-state index contributed by atoms with van der Waals surface area (Å²) in [7, 11) is 0. The highest BCUT2D eigenvalue weighted by atomic mass is 32.2. The Labute approximate surface area is 143 Å². The smallest absolute Gasteiger partial charge is 0.0687 e. The fraction of sp³-hybridized carbons (Fsp3) is 1.00. The maximum absolute atomic E-state index is 2.57. The highest BCUT2D eigenvalue weighted by Crippen LogP contribution is 2.34. The van der Waals surface area contributed by atoms with E-state index in [4.69, 9.17) is 0 Å². The van der Waals surface area contributed by atoms with Crippen molar-refractivity contribution in [3.63, 3.8) is 0 Å². The lowest BCUT2D eigenvalue weighted by Crippen LogP contribution is -2.43. The van der Waals surface area contributed by atoms with E-state index in [1.165, 1.54) is 12.8 Å². The molecule has 0 spiro atoms. The van der Waals surface area contributed by atoms with Gasteiger partial charge in [0.05, 0.1) is 5.08 Å². The number of hydrogen-bond acceptors (Lipinski definition) is 4. The maximum Gasteiger partial charge on any atom is 0.0687 e. The second kappa shape index (κ2) is 9.05. The molecule has 0 fully saturated rings. The van der Waals surface area contributed by atoms with Gasteiger partial charge in [-0.1, -0.05) is 37.7 Å². The first-order valence-corrected chi connectivity index (χ1v) is 10.2. The van der Waals surface area contributed by atoms with Gasteiger partial charge in [-0.25, -0.2) is 8.61 Å². The van der Waals surface area contributed by atoms with Gasteiger partial charge in [0, 0.05) is 23.2 Å². The van der Waals surface area contributed by atoms with Crippen molar-refractivity contribution in [3.8, 4) is 0 Å². The van der Waals surface area contributed by atoms with Gasteiger partial charge in [0.15, 0.2) is 0 Å². The van der Waals surface area contributed by atoms with Gasteiger partial charge in [-0.05, 0) is 68.2 Å². The second-order valence-electron chi connectivity index (χ2n) is 7.88. The first-order valence-electron chi connectivity index (χ1n) is 8.29. The molecule has 0 saturated carbocycles. The number of rotatable bonds is 8. The fourth-order valence-corrected chi connectivity index (χ4v) is 5.11. The topological polar surface area (TPSA) is 6.48 Å². The molecule has 2 nitrogen and oxygen atoms in total. The zero-order valence-corrected chi connectivity index (χ0v) is 17.6. The molecule has 0 bridgehead atoms. The second-order valence-corrected chi connectivity index (χ2v) is 10.1. The number of nitrogens with zero attached hydrogens (tertiary/aromatic N) is 2. The van der Waals surface area contributed by atoms with E-state index in [0.29, 0.717) is 12.1 Å². The average molecular weight is 335 g/mol. The zero-order valence-electron chi connectivity index (χ0n) is 16.0. The van der Waals surface area contributed by atoms with Gasteiger partial charge in [0.25, 0.3) is 0 Å². The SMILES string of the molecule is CCC(C)N(SCSN(C(C)CC)C(C)(C)C)C(C)(C)C. The maximum atomic E-state index is 2.57. The average Bonchev–Trinajstić information content (AvgIpc) is 2.34. The molecular weight excluding hydrogens is 296 g/mol. The molecule has 0 aliphatic heterocycles. The molecule has 2 unspecified atom stereocenters. The van der Waals surface area contributed by atoms with Crippen LogP contribution >= 0.6 is 23.9 Å². The molecule has 21 heavy (non-hydrogen) atoms. The van der Waals surface area contributed by atoms with Crippen LogP contribution in [-0.2, 0) is 0 Å². The lowest BCUT2D eigenvalue weighted by atomic mass is 10.1. The first-order chi connectivity index (χ1) is 9.45. The van der Waals surface area contributed by atoms with Crippen molar-refractivity contribution in [2.75, 3.05) is 5.08 Å². The van der Waals surface area contributed by atoms with Crippen LogP contribution < -0.4 is 0 Å². The number of hydrogen-bond donors (Lipinski definition) is 0. The summed E-state index contributed by atoms with van der Waals surface area (Å²) in [6, 6.07) is 1.23. The summed E-state index contributed by atoms with van der Waals surface area (Å²) < 4.78 is 5.13. The van der Waals surface area contributed by atoms with Crippen molar-refractivity contribution in [3.05, 3.63) is 0 Å². The molecule has 0 aromatic rings.